The number of piperidine rings is 1. The molecular weight excluding hydrogens is 649 g/mol. The number of likely N-dealkylation sites (tertiary alicyclic amines) is 1. The minimum Gasteiger partial charge on any atom is -0.494 e. The zero-order chi connectivity index (χ0) is 31.7. The summed E-state index contributed by atoms with van der Waals surface area (Å²) in [6.45, 7) is 14.5. The van der Waals surface area contributed by atoms with Crippen molar-refractivity contribution in [2.75, 3.05) is 75.7 Å². The monoisotopic (exact) mass is 691 g/mol. The number of hydrogen-bond acceptors (Lipinski definition) is 10. The van der Waals surface area contributed by atoms with Crippen LogP contribution in [-0.2, 0) is 0 Å². The molecule has 0 saturated carbocycles. The molecule has 45 heavy (non-hydrogen) atoms. The first-order valence-corrected chi connectivity index (χ1v) is 18.6. The molecule has 0 bridgehead atoms. The highest BCUT2D eigenvalue weighted by Gasteiger charge is 2.35. The molecule has 4 heterocycles. The number of methoxy groups -OCH3 is 1. The van der Waals surface area contributed by atoms with Gasteiger partial charge in [-0.3, -0.25) is 14.9 Å². The van der Waals surface area contributed by atoms with E-state index >= 15 is 0 Å². The molecule has 0 unspecified atom stereocenters. The molecule has 0 atom stereocenters. The number of halogens is 1. The van der Waals surface area contributed by atoms with Gasteiger partial charge in [0.25, 0.3) is 0 Å². The van der Waals surface area contributed by atoms with Gasteiger partial charge in [0.2, 0.25) is 5.95 Å². The Hall–Kier alpha value is -3.11. The van der Waals surface area contributed by atoms with Crippen LogP contribution in [0.2, 0.25) is 0 Å². The Kier molecular flexibility index (Phi) is 9.71. The Morgan fingerprint density at radius 2 is 1.80 bits per heavy atom. The zero-order valence-corrected chi connectivity index (χ0v) is 29.5. The molecule has 12 heteroatoms. The van der Waals surface area contributed by atoms with Crippen LogP contribution < -0.4 is 25.6 Å². The number of benzene rings is 2. The molecular formula is C33H43BrN9OP. The maximum atomic E-state index is 5.87. The lowest BCUT2D eigenvalue weighted by atomic mass is 9.96. The van der Waals surface area contributed by atoms with Gasteiger partial charge in [-0.2, -0.15) is 4.98 Å². The van der Waals surface area contributed by atoms with Crippen molar-refractivity contribution in [1.29, 1.82) is 0 Å². The zero-order valence-electron chi connectivity index (χ0n) is 27.0. The number of likely N-dealkylation sites (N-methyl/N-ethyl adjacent to an activating group) is 1. The third kappa shape index (κ3) is 6.73. The Bertz CT molecular complexity index is 1660. The molecule has 0 aliphatic carbocycles. The minimum atomic E-state index is -0.462. The normalized spacial score (nSPS) is 16.4. The second-order valence-corrected chi connectivity index (χ2v) is 15.2. The first kappa shape index (κ1) is 31.9. The van der Waals surface area contributed by atoms with Crippen molar-refractivity contribution < 1.29 is 4.74 Å². The predicted molar refractivity (Wildman–Crippen MR) is 191 cm³/mol. The largest absolute Gasteiger partial charge is 0.494 e. The fourth-order valence-electron chi connectivity index (χ4n) is 6.42. The van der Waals surface area contributed by atoms with Crippen LogP contribution in [0.25, 0.3) is 11.0 Å². The van der Waals surface area contributed by atoms with Crippen LogP contribution in [0.1, 0.15) is 25.3 Å². The van der Waals surface area contributed by atoms with Crippen LogP contribution >= 0.6 is 23.9 Å². The molecule has 2 N–H and O–H groups in total. The van der Waals surface area contributed by atoms with Crippen molar-refractivity contribution in [2.45, 2.75) is 38.8 Å². The average Bonchev–Trinajstić information content (AvgIpc) is 3.02. The van der Waals surface area contributed by atoms with Gasteiger partial charge in [0.1, 0.15) is 11.6 Å². The standard InChI is InChI=1S/C33H43BrN9OP/c1-7-41(3)23-19-43(20-23)22-10-14-42(15-11-22)28-17-29(44-4)27(16-21(28)2)39-33-37-18-24(34)32(40-33)38-26-9-8-25-30(31(26)45(5)6)36-13-12-35-25/h8-9,12-13,16-18,22-23H,7,10-11,14-15,19-20H2,1-6H3,(H2,37,38,39,40). The van der Waals surface area contributed by atoms with Crippen molar-refractivity contribution >= 4 is 69.0 Å². The summed E-state index contributed by atoms with van der Waals surface area (Å²) in [5, 5.41) is 8.10. The van der Waals surface area contributed by atoms with Gasteiger partial charge in [0, 0.05) is 79.6 Å². The topological polar surface area (TPSA) is 94.6 Å². The first-order valence-electron chi connectivity index (χ1n) is 15.6. The molecule has 2 aliphatic heterocycles. The van der Waals surface area contributed by atoms with E-state index in [2.05, 4.69) is 109 Å². The number of rotatable bonds is 10. The molecule has 2 fully saturated rings. The second kappa shape index (κ2) is 13.7. The van der Waals surface area contributed by atoms with Gasteiger partial charge < -0.3 is 25.2 Å². The van der Waals surface area contributed by atoms with Crippen LogP contribution in [0.5, 0.6) is 5.75 Å². The van der Waals surface area contributed by atoms with Gasteiger partial charge in [-0.05, 0) is 86.4 Å². The second-order valence-electron chi connectivity index (χ2n) is 12.2. The molecule has 2 aromatic heterocycles. The van der Waals surface area contributed by atoms with Crippen LogP contribution in [0, 0.1) is 6.92 Å². The fourth-order valence-corrected chi connectivity index (χ4v) is 7.92. The van der Waals surface area contributed by atoms with Crippen LogP contribution in [0.15, 0.2) is 47.3 Å². The number of fused-ring (bicyclic) bond motifs is 1. The molecule has 2 saturated heterocycles. The van der Waals surface area contributed by atoms with E-state index in [-0.39, 0.29) is 0 Å². The number of aromatic nitrogens is 4. The quantitative estimate of drug-likeness (QED) is 0.194. The van der Waals surface area contributed by atoms with Gasteiger partial charge >= 0.3 is 0 Å². The predicted octanol–water partition coefficient (Wildman–Crippen LogP) is 5.96. The summed E-state index contributed by atoms with van der Waals surface area (Å²) < 4.78 is 6.64. The van der Waals surface area contributed by atoms with E-state index in [0.29, 0.717) is 23.8 Å². The Morgan fingerprint density at radius 1 is 1.04 bits per heavy atom. The summed E-state index contributed by atoms with van der Waals surface area (Å²) in [5.41, 5.74) is 6.03. The molecule has 0 radical (unpaired) electrons. The van der Waals surface area contributed by atoms with Gasteiger partial charge in [0.15, 0.2) is 0 Å². The lowest BCUT2D eigenvalue weighted by molar-refractivity contribution is 0.0109. The van der Waals surface area contributed by atoms with Crippen molar-refractivity contribution in [3.8, 4) is 5.75 Å². The minimum absolute atomic E-state index is 0.462. The van der Waals surface area contributed by atoms with E-state index in [1.54, 1.807) is 25.7 Å². The third-order valence-electron chi connectivity index (χ3n) is 9.16. The summed E-state index contributed by atoms with van der Waals surface area (Å²) in [6, 6.07) is 9.73. The highest BCUT2D eigenvalue weighted by Crippen LogP contribution is 2.38. The highest BCUT2D eigenvalue weighted by molar-refractivity contribution is 9.10. The lowest BCUT2D eigenvalue weighted by Crippen LogP contribution is -2.62. The van der Waals surface area contributed by atoms with E-state index in [4.69, 9.17) is 9.72 Å². The molecule has 0 spiro atoms. The average molecular weight is 693 g/mol. The van der Waals surface area contributed by atoms with Crippen LogP contribution in [0.3, 0.4) is 0 Å². The van der Waals surface area contributed by atoms with E-state index < -0.39 is 7.92 Å². The van der Waals surface area contributed by atoms with Crippen molar-refractivity contribution in [3.63, 3.8) is 0 Å². The molecule has 10 nitrogen and oxygen atoms in total. The molecule has 6 rings (SSSR count). The Balaban J connectivity index is 1.17. The molecule has 0 amide bonds. The number of ether oxygens (including phenoxy) is 1. The van der Waals surface area contributed by atoms with E-state index in [0.717, 1.165) is 57.6 Å². The molecule has 4 aromatic rings. The number of hydrogen-bond donors (Lipinski definition) is 2. The van der Waals surface area contributed by atoms with E-state index in [1.165, 1.54) is 37.2 Å². The van der Waals surface area contributed by atoms with Gasteiger partial charge in [0.05, 0.1) is 28.3 Å². The number of nitrogens with zero attached hydrogens (tertiary/aromatic N) is 7. The summed E-state index contributed by atoms with van der Waals surface area (Å²) in [5.74, 6) is 1.91. The summed E-state index contributed by atoms with van der Waals surface area (Å²) >= 11 is 3.64. The van der Waals surface area contributed by atoms with Crippen molar-refractivity contribution in [1.82, 2.24) is 29.7 Å². The number of anilines is 5. The maximum absolute atomic E-state index is 5.87. The van der Waals surface area contributed by atoms with Crippen molar-refractivity contribution in [3.05, 3.63) is 52.9 Å². The SMILES string of the molecule is CCN(C)C1CN(C2CCN(c3cc(OC)c(Nc4ncc(Br)c(Nc5ccc6nccnc6c5P(C)C)n4)cc3C)CC2)C1. The van der Waals surface area contributed by atoms with Crippen molar-refractivity contribution in [2.24, 2.45) is 0 Å². The molecule has 2 aliphatic rings. The Morgan fingerprint density at radius 3 is 2.51 bits per heavy atom. The summed E-state index contributed by atoms with van der Waals surface area (Å²) in [6.07, 6.45) is 7.62. The summed E-state index contributed by atoms with van der Waals surface area (Å²) in [7, 11) is 3.49. The fraction of sp³-hybridized carbons (Fsp3) is 0.455. The lowest BCUT2D eigenvalue weighted by Gasteiger charge is -2.50. The highest BCUT2D eigenvalue weighted by atomic mass is 79.9. The molecule has 238 valence electrons. The molecule has 2 aromatic carbocycles. The number of nitrogens with one attached hydrogen (secondary N) is 2. The third-order valence-corrected chi connectivity index (χ3v) is 11.1. The van der Waals surface area contributed by atoms with Gasteiger partial charge in [-0.1, -0.05) is 14.8 Å². The Labute approximate surface area is 275 Å². The first-order chi connectivity index (χ1) is 21.7. The maximum Gasteiger partial charge on any atom is 0.229 e. The van der Waals surface area contributed by atoms with E-state index in [9.17, 15) is 0 Å². The summed E-state index contributed by atoms with van der Waals surface area (Å²) in [4.78, 5) is 26.2. The van der Waals surface area contributed by atoms with E-state index in [1.807, 2.05) is 6.07 Å². The van der Waals surface area contributed by atoms with Crippen LogP contribution in [0.4, 0.5) is 28.8 Å². The smallest absolute Gasteiger partial charge is 0.229 e. The van der Waals surface area contributed by atoms with Crippen LogP contribution in [-0.4, -0.2) is 102 Å². The number of aryl methyl sites for hydroxylation is 1. The van der Waals surface area contributed by atoms with Gasteiger partial charge in [-0.15, -0.1) is 0 Å². The van der Waals surface area contributed by atoms with Gasteiger partial charge in [-0.25, -0.2) is 4.98 Å².